The maximum atomic E-state index is 12.6. The lowest BCUT2D eigenvalue weighted by atomic mass is 9.74. The van der Waals surface area contributed by atoms with Crippen LogP contribution in [0.5, 0.6) is 5.75 Å². The molecular formula is C20H31ClN2O3. The summed E-state index contributed by atoms with van der Waals surface area (Å²) in [5, 5.41) is 6.56. The normalized spacial score (nSPS) is 20.0. The number of hydrogen-bond donors (Lipinski definition) is 2. The van der Waals surface area contributed by atoms with Gasteiger partial charge in [-0.05, 0) is 63.4 Å². The Bertz CT molecular complexity index is 553. The van der Waals surface area contributed by atoms with Gasteiger partial charge >= 0.3 is 0 Å². The monoisotopic (exact) mass is 382 g/mol. The van der Waals surface area contributed by atoms with E-state index in [0.29, 0.717) is 13.2 Å². The molecule has 0 aromatic heterocycles. The van der Waals surface area contributed by atoms with Gasteiger partial charge in [0.05, 0.1) is 6.61 Å². The topological polar surface area (TPSA) is 59.6 Å². The molecule has 1 amide bonds. The Balaban J connectivity index is 0.00000243. The van der Waals surface area contributed by atoms with Crippen molar-refractivity contribution in [3.8, 4) is 5.75 Å². The molecule has 2 saturated heterocycles. The van der Waals surface area contributed by atoms with Gasteiger partial charge in [-0.1, -0.05) is 12.1 Å². The summed E-state index contributed by atoms with van der Waals surface area (Å²) < 4.78 is 11.1. The van der Waals surface area contributed by atoms with E-state index in [1.54, 1.807) is 0 Å². The van der Waals surface area contributed by atoms with E-state index in [9.17, 15) is 4.79 Å². The number of nitrogens with one attached hydrogen (secondary N) is 2. The smallest absolute Gasteiger partial charge is 0.223 e. The molecule has 2 heterocycles. The summed E-state index contributed by atoms with van der Waals surface area (Å²) in [5.41, 5.74) is 1.23. The first-order valence-corrected chi connectivity index (χ1v) is 9.53. The van der Waals surface area contributed by atoms with Crippen LogP contribution in [0.1, 0.15) is 38.2 Å². The highest BCUT2D eigenvalue weighted by Gasteiger charge is 2.35. The first-order chi connectivity index (χ1) is 12.2. The van der Waals surface area contributed by atoms with E-state index >= 15 is 0 Å². The number of halogens is 1. The standard InChI is InChI=1S/C20H30N2O3.ClH/c1-2-25-18-5-3-17(4-6-18)20(9-13-24-14-10-20)15-22-19(23)16-7-11-21-12-8-16;/h3-6,16,21H,2,7-15H2,1H3,(H,22,23);1H. The van der Waals surface area contributed by atoms with E-state index in [4.69, 9.17) is 9.47 Å². The summed E-state index contributed by atoms with van der Waals surface area (Å²) in [5.74, 6) is 1.25. The third kappa shape index (κ3) is 5.12. The molecule has 2 fully saturated rings. The second kappa shape index (κ2) is 10.1. The lowest BCUT2D eigenvalue weighted by Crippen LogP contribution is -2.47. The maximum absolute atomic E-state index is 12.6. The van der Waals surface area contributed by atoms with Crippen LogP contribution in [-0.2, 0) is 14.9 Å². The Morgan fingerprint density at radius 2 is 1.88 bits per heavy atom. The summed E-state index contributed by atoms with van der Waals surface area (Å²) in [7, 11) is 0. The van der Waals surface area contributed by atoms with Crippen molar-refractivity contribution in [2.45, 2.75) is 38.0 Å². The molecule has 0 radical (unpaired) electrons. The first-order valence-electron chi connectivity index (χ1n) is 9.53. The van der Waals surface area contributed by atoms with Crippen molar-refractivity contribution < 1.29 is 14.3 Å². The predicted molar refractivity (Wildman–Crippen MR) is 105 cm³/mol. The Kier molecular flexibility index (Phi) is 8.19. The van der Waals surface area contributed by atoms with Crippen molar-refractivity contribution in [3.63, 3.8) is 0 Å². The van der Waals surface area contributed by atoms with Gasteiger partial charge in [0.1, 0.15) is 5.75 Å². The molecular weight excluding hydrogens is 352 g/mol. The van der Waals surface area contributed by atoms with Crippen LogP contribution in [0, 0.1) is 5.92 Å². The average molecular weight is 383 g/mol. The minimum absolute atomic E-state index is 0. The summed E-state index contributed by atoms with van der Waals surface area (Å²) in [6.45, 7) is 6.72. The van der Waals surface area contributed by atoms with Gasteiger partial charge in [0, 0.05) is 31.1 Å². The average Bonchev–Trinajstić information content (AvgIpc) is 2.68. The minimum Gasteiger partial charge on any atom is -0.494 e. The molecule has 0 spiro atoms. The van der Waals surface area contributed by atoms with Crippen molar-refractivity contribution in [2.75, 3.05) is 39.5 Å². The van der Waals surface area contributed by atoms with Crippen molar-refractivity contribution in [3.05, 3.63) is 29.8 Å². The van der Waals surface area contributed by atoms with Crippen LogP contribution in [0.4, 0.5) is 0 Å². The number of ether oxygens (including phenoxy) is 2. The van der Waals surface area contributed by atoms with E-state index in [0.717, 1.165) is 57.7 Å². The van der Waals surface area contributed by atoms with Crippen LogP contribution in [-0.4, -0.2) is 45.4 Å². The Morgan fingerprint density at radius 1 is 1.23 bits per heavy atom. The van der Waals surface area contributed by atoms with Gasteiger partial charge < -0.3 is 20.1 Å². The van der Waals surface area contributed by atoms with Crippen LogP contribution in [0.3, 0.4) is 0 Å². The van der Waals surface area contributed by atoms with Gasteiger partial charge in [0.15, 0.2) is 0 Å². The zero-order valence-corrected chi connectivity index (χ0v) is 16.4. The van der Waals surface area contributed by atoms with Crippen LogP contribution < -0.4 is 15.4 Å². The fraction of sp³-hybridized carbons (Fsp3) is 0.650. The molecule has 1 aromatic rings. The van der Waals surface area contributed by atoms with Gasteiger partial charge in [-0.25, -0.2) is 0 Å². The highest BCUT2D eigenvalue weighted by molar-refractivity contribution is 5.85. The minimum atomic E-state index is -0.0361. The summed E-state index contributed by atoms with van der Waals surface area (Å²) in [6, 6.07) is 8.36. The maximum Gasteiger partial charge on any atom is 0.223 e. The Morgan fingerprint density at radius 3 is 2.50 bits per heavy atom. The molecule has 2 N–H and O–H groups in total. The highest BCUT2D eigenvalue weighted by atomic mass is 35.5. The number of hydrogen-bond acceptors (Lipinski definition) is 4. The van der Waals surface area contributed by atoms with E-state index in [1.165, 1.54) is 5.56 Å². The van der Waals surface area contributed by atoms with E-state index in [2.05, 4.69) is 22.8 Å². The largest absolute Gasteiger partial charge is 0.494 e. The molecule has 2 aliphatic heterocycles. The first kappa shape index (κ1) is 21.0. The predicted octanol–water partition coefficient (Wildman–Crippen LogP) is 2.67. The fourth-order valence-electron chi connectivity index (χ4n) is 3.89. The molecule has 5 nitrogen and oxygen atoms in total. The number of carbonyl (C=O) groups excluding carboxylic acids is 1. The van der Waals surface area contributed by atoms with E-state index in [-0.39, 0.29) is 29.6 Å². The number of piperidine rings is 1. The Hall–Kier alpha value is -1.30. The molecule has 0 aliphatic carbocycles. The molecule has 0 bridgehead atoms. The molecule has 2 aliphatic rings. The second-order valence-electron chi connectivity index (χ2n) is 7.09. The zero-order chi connectivity index (χ0) is 17.5. The van der Waals surface area contributed by atoms with Crippen LogP contribution in [0.15, 0.2) is 24.3 Å². The lowest BCUT2D eigenvalue weighted by Gasteiger charge is -2.38. The van der Waals surface area contributed by atoms with Crippen molar-refractivity contribution in [1.29, 1.82) is 0 Å². The lowest BCUT2D eigenvalue weighted by molar-refractivity contribution is -0.126. The molecule has 0 saturated carbocycles. The third-order valence-electron chi connectivity index (χ3n) is 5.54. The number of rotatable bonds is 6. The van der Waals surface area contributed by atoms with Crippen LogP contribution >= 0.6 is 12.4 Å². The molecule has 3 rings (SSSR count). The number of carbonyl (C=O) groups is 1. The van der Waals surface area contributed by atoms with Crippen molar-refractivity contribution >= 4 is 18.3 Å². The highest BCUT2D eigenvalue weighted by Crippen LogP contribution is 2.35. The molecule has 0 unspecified atom stereocenters. The van der Waals surface area contributed by atoms with E-state index in [1.807, 2.05) is 19.1 Å². The molecule has 146 valence electrons. The van der Waals surface area contributed by atoms with Crippen molar-refractivity contribution in [2.24, 2.45) is 5.92 Å². The van der Waals surface area contributed by atoms with Gasteiger partial charge in [0.2, 0.25) is 5.91 Å². The number of amides is 1. The van der Waals surface area contributed by atoms with Gasteiger partial charge in [-0.15, -0.1) is 12.4 Å². The Labute approximate surface area is 162 Å². The fourth-order valence-corrected chi connectivity index (χ4v) is 3.89. The third-order valence-corrected chi connectivity index (χ3v) is 5.54. The quantitative estimate of drug-likeness (QED) is 0.794. The van der Waals surface area contributed by atoms with Gasteiger partial charge in [-0.2, -0.15) is 0 Å². The van der Waals surface area contributed by atoms with Crippen molar-refractivity contribution in [1.82, 2.24) is 10.6 Å². The second-order valence-corrected chi connectivity index (χ2v) is 7.09. The van der Waals surface area contributed by atoms with Crippen LogP contribution in [0.2, 0.25) is 0 Å². The van der Waals surface area contributed by atoms with Crippen LogP contribution in [0.25, 0.3) is 0 Å². The number of benzene rings is 1. The summed E-state index contributed by atoms with van der Waals surface area (Å²) >= 11 is 0. The van der Waals surface area contributed by atoms with Gasteiger partial charge in [0.25, 0.3) is 0 Å². The van der Waals surface area contributed by atoms with E-state index < -0.39 is 0 Å². The summed E-state index contributed by atoms with van der Waals surface area (Å²) in [6.07, 6.45) is 3.75. The molecule has 26 heavy (non-hydrogen) atoms. The zero-order valence-electron chi connectivity index (χ0n) is 15.6. The molecule has 0 atom stereocenters. The van der Waals surface area contributed by atoms with Gasteiger partial charge in [-0.3, -0.25) is 4.79 Å². The molecule has 1 aromatic carbocycles. The SMILES string of the molecule is CCOc1ccc(C2(CNC(=O)C3CCNCC3)CCOCC2)cc1.Cl. The molecule has 6 heteroatoms. The summed E-state index contributed by atoms with van der Waals surface area (Å²) in [4.78, 5) is 12.6.